The SMILES string of the molecule is Cc1nc(CN2CCC(O)(Cn3ccnn3)C2)nc2ccccc12. The van der Waals surface area contributed by atoms with Crippen LogP contribution in [0.2, 0.25) is 0 Å². The van der Waals surface area contributed by atoms with E-state index >= 15 is 0 Å². The number of likely N-dealkylation sites (tertiary alicyclic amines) is 1. The van der Waals surface area contributed by atoms with Gasteiger partial charge in [0.15, 0.2) is 0 Å². The topological polar surface area (TPSA) is 80.0 Å². The molecule has 0 radical (unpaired) electrons. The van der Waals surface area contributed by atoms with Crippen LogP contribution in [0.4, 0.5) is 0 Å². The lowest BCUT2D eigenvalue weighted by Gasteiger charge is -2.23. The van der Waals surface area contributed by atoms with Crippen LogP contribution in [-0.4, -0.2) is 53.7 Å². The number of aryl methyl sites for hydroxylation is 1. The highest BCUT2D eigenvalue weighted by molar-refractivity contribution is 5.80. The minimum atomic E-state index is -0.778. The van der Waals surface area contributed by atoms with Crippen molar-refractivity contribution in [3.8, 4) is 0 Å². The third-order valence-electron chi connectivity index (χ3n) is 4.54. The quantitative estimate of drug-likeness (QED) is 0.776. The second-order valence-electron chi connectivity index (χ2n) is 6.53. The van der Waals surface area contributed by atoms with Crippen molar-refractivity contribution in [1.82, 2.24) is 29.9 Å². The van der Waals surface area contributed by atoms with Crippen molar-refractivity contribution in [3.63, 3.8) is 0 Å². The Morgan fingerprint density at radius 1 is 1.25 bits per heavy atom. The van der Waals surface area contributed by atoms with Gasteiger partial charge in [0.05, 0.1) is 30.4 Å². The molecule has 3 aromatic rings. The van der Waals surface area contributed by atoms with E-state index in [9.17, 15) is 5.11 Å². The molecule has 1 aromatic carbocycles. The number of hydrogen-bond acceptors (Lipinski definition) is 6. The van der Waals surface area contributed by atoms with Gasteiger partial charge in [-0.05, 0) is 19.4 Å². The molecule has 3 heterocycles. The molecule has 1 N–H and O–H groups in total. The van der Waals surface area contributed by atoms with E-state index in [1.54, 1.807) is 17.1 Å². The second-order valence-corrected chi connectivity index (χ2v) is 6.53. The number of fused-ring (bicyclic) bond motifs is 1. The fraction of sp³-hybridized carbons (Fsp3) is 0.412. The van der Waals surface area contributed by atoms with Crippen molar-refractivity contribution < 1.29 is 5.11 Å². The molecule has 24 heavy (non-hydrogen) atoms. The molecule has 0 bridgehead atoms. The maximum absolute atomic E-state index is 10.8. The van der Waals surface area contributed by atoms with Gasteiger partial charge in [-0.25, -0.2) is 14.6 Å². The molecular weight excluding hydrogens is 304 g/mol. The highest BCUT2D eigenvalue weighted by atomic mass is 16.3. The summed E-state index contributed by atoms with van der Waals surface area (Å²) in [6, 6.07) is 8.05. The summed E-state index contributed by atoms with van der Waals surface area (Å²) in [5, 5.41) is 19.6. The zero-order valence-electron chi connectivity index (χ0n) is 13.6. The minimum Gasteiger partial charge on any atom is -0.387 e. The second kappa shape index (κ2) is 5.92. The van der Waals surface area contributed by atoms with Gasteiger partial charge in [-0.15, -0.1) is 5.10 Å². The van der Waals surface area contributed by atoms with Crippen LogP contribution in [0, 0.1) is 6.92 Å². The Kier molecular flexibility index (Phi) is 3.74. The van der Waals surface area contributed by atoms with E-state index in [1.807, 2.05) is 31.2 Å². The zero-order valence-corrected chi connectivity index (χ0v) is 13.6. The van der Waals surface area contributed by atoms with Crippen LogP contribution in [0.3, 0.4) is 0 Å². The van der Waals surface area contributed by atoms with Crippen molar-refractivity contribution in [2.45, 2.75) is 32.0 Å². The van der Waals surface area contributed by atoms with E-state index in [2.05, 4.69) is 25.2 Å². The molecule has 0 saturated carbocycles. The molecule has 1 aliphatic heterocycles. The first-order valence-corrected chi connectivity index (χ1v) is 8.12. The van der Waals surface area contributed by atoms with Gasteiger partial charge in [-0.3, -0.25) is 4.90 Å². The van der Waals surface area contributed by atoms with Crippen LogP contribution in [0.15, 0.2) is 36.7 Å². The predicted octanol–water partition coefficient (Wildman–Crippen LogP) is 1.17. The predicted molar refractivity (Wildman–Crippen MR) is 89.1 cm³/mol. The molecule has 2 aromatic heterocycles. The normalized spacial score (nSPS) is 21.6. The Morgan fingerprint density at radius 3 is 2.96 bits per heavy atom. The summed E-state index contributed by atoms with van der Waals surface area (Å²) in [5.74, 6) is 0.802. The summed E-state index contributed by atoms with van der Waals surface area (Å²) in [4.78, 5) is 11.5. The molecule has 1 fully saturated rings. The number of aliphatic hydroxyl groups is 1. The molecule has 1 unspecified atom stereocenters. The summed E-state index contributed by atoms with van der Waals surface area (Å²) in [6.45, 7) is 4.52. The highest BCUT2D eigenvalue weighted by Crippen LogP contribution is 2.24. The van der Waals surface area contributed by atoms with Gasteiger partial charge in [0, 0.05) is 30.4 Å². The van der Waals surface area contributed by atoms with Crippen molar-refractivity contribution in [2.75, 3.05) is 13.1 Å². The molecule has 4 rings (SSSR count). The summed E-state index contributed by atoms with van der Waals surface area (Å²) in [5.41, 5.74) is 1.18. The van der Waals surface area contributed by atoms with Gasteiger partial charge in [-0.1, -0.05) is 23.4 Å². The zero-order chi connectivity index (χ0) is 16.6. The van der Waals surface area contributed by atoms with Crippen LogP contribution in [0.5, 0.6) is 0 Å². The first-order valence-electron chi connectivity index (χ1n) is 8.12. The van der Waals surface area contributed by atoms with Crippen LogP contribution >= 0.6 is 0 Å². The van der Waals surface area contributed by atoms with E-state index in [4.69, 9.17) is 0 Å². The Bertz CT molecular complexity index is 849. The van der Waals surface area contributed by atoms with Gasteiger partial charge in [0.1, 0.15) is 5.82 Å². The molecule has 7 nitrogen and oxygen atoms in total. The molecule has 1 aliphatic rings. The molecule has 1 atom stereocenters. The highest BCUT2D eigenvalue weighted by Gasteiger charge is 2.37. The summed E-state index contributed by atoms with van der Waals surface area (Å²) in [6.07, 6.45) is 4.11. The lowest BCUT2D eigenvalue weighted by atomic mass is 10.0. The number of β-amino-alcohol motifs (C(OH)–C–C–N with tert-alkyl or cyclic N) is 1. The van der Waals surface area contributed by atoms with Crippen LogP contribution < -0.4 is 0 Å². The fourth-order valence-corrected chi connectivity index (χ4v) is 3.39. The smallest absolute Gasteiger partial charge is 0.143 e. The van der Waals surface area contributed by atoms with Gasteiger partial charge in [-0.2, -0.15) is 0 Å². The summed E-state index contributed by atoms with van der Waals surface area (Å²) in [7, 11) is 0. The largest absolute Gasteiger partial charge is 0.387 e. The first-order chi connectivity index (χ1) is 11.6. The van der Waals surface area contributed by atoms with Crippen LogP contribution in [-0.2, 0) is 13.1 Å². The van der Waals surface area contributed by atoms with Gasteiger partial charge < -0.3 is 5.11 Å². The first kappa shape index (κ1) is 15.2. The van der Waals surface area contributed by atoms with Crippen molar-refractivity contribution >= 4 is 10.9 Å². The van der Waals surface area contributed by atoms with Crippen LogP contribution in [0.1, 0.15) is 17.9 Å². The Labute approximate surface area is 140 Å². The maximum Gasteiger partial charge on any atom is 0.143 e. The van der Waals surface area contributed by atoms with E-state index in [1.165, 1.54) is 0 Å². The van der Waals surface area contributed by atoms with Gasteiger partial charge in [0.2, 0.25) is 0 Å². The number of para-hydroxylation sites is 1. The van der Waals surface area contributed by atoms with E-state index in [-0.39, 0.29) is 0 Å². The van der Waals surface area contributed by atoms with Gasteiger partial charge >= 0.3 is 0 Å². The molecule has 1 saturated heterocycles. The van der Waals surface area contributed by atoms with Crippen LogP contribution in [0.25, 0.3) is 10.9 Å². The molecule has 0 amide bonds. The molecular formula is C17H20N6O. The van der Waals surface area contributed by atoms with Crippen molar-refractivity contribution in [3.05, 3.63) is 48.2 Å². The van der Waals surface area contributed by atoms with E-state index < -0.39 is 5.60 Å². The number of nitrogens with zero attached hydrogens (tertiary/aromatic N) is 6. The molecule has 0 spiro atoms. The number of aromatic nitrogens is 5. The molecule has 0 aliphatic carbocycles. The van der Waals surface area contributed by atoms with Crippen molar-refractivity contribution in [1.29, 1.82) is 0 Å². The lowest BCUT2D eigenvalue weighted by molar-refractivity contribution is 0.0272. The Morgan fingerprint density at radius 2 is 2.12 bits per heavy atom. The van der Waals surface area contributed by atoms with Gasteiger partial charge in [0.25, 0.3) is 0 Å². The third kappa shape index (κ3) is 3.00. The third-order valence-corrected chi connectivity index (χ3v) is 4.54. The summed E-state index contributed by atoms with van der Waals surface area (Å²) >= 11 is 0. The molecule has 124 valence electrons. The average molecular weight is 324 g/mol. The number of hydrogen-bond donors (Lipinski definition) is 1. The number of benzene rings is 1. The Hall–Kier alpha value is -2.38. The lowest BCUT2D eigenvalue weighted by Crippen LogP contribution is -2.37. The number of rotatable bonds is 4. The fourth-order valence-electron chi connectivity index (χ4n) is 3.39. The maximum atomic E-state index is 10.8. The Balaban J connectivity index is 1.48. The van der Waals surface area contributed by atoms with E-state index in [0.717, 1.165) is 29.0 Å². The monoisotopic (exact) mass is 324 g/mol. The molecule has 7 heteroatoms. The van der Waals surface area contributed by atoms with Crippen molar-refractivity contribution in [2.24, 2.45) is 0 Å². The van der Waals surface area contributed by atoms with E-state index in [0.29, 0.717) is 26.1 Å². The minimum absolute atomic E-state index is 0.459. The summed E-state index contributed by atoms with van der Waals surface area (Å²) < 4.78 is 1.68. The average Bonchev–Trinajstić information content (AvgIpc) is 3.18. The standard InChI is InChI=1S/C17H20N6O/c1-13-14-4-2-3-5-15(14)20-16(19-13)10-22-8-6-17(24,11-22)12-23-9-7-18-21-23/h2-5,7,9,24H,6,8,10-12H2,1H3.